The quantitative estimate of drug-likeness (QED) is 0.223. The Balaban J connectivity index is 1.50. The minimum atomic E-state index is 0.453. The van der Waals surface area contributed by atoms with Gasteiger partial charge in [0.1, 0.15) is 6.73 Å². The second kappa shape index (κ2) is 11.4. The molecule has 0 unspecified atom stereocenters. The molecular formula is C33H40N2O. The van der Waals surface area contributed by atoms with Crippen LogP contribution in [0.1, 0.15) is 80.3 Å². The number of allylic oxidation sites excluding steroid dienone is 2. The molecule has 3 nitrogen and oxygen atoms in total. The molecule has 188 valence electrons. The highest BCUT2D eigenvalue weighted by atomic mass is 16.5. The van der Waals surface area contributed by atoms with E-state index in [2.05, 4.69) is 79.1 Å². The number of rotatable bonds is 9. The van der Waals surface area contributed by atoms with Crippen LogP contribution in [0.15, 0.2) is 59.1 Å². The molecule has 0 bridgehead atoms. The average Bonchev–Trinajstić information content (AvgIpc) is 3.53. The molecule has 1 heterocycles. The van der Waals surface area contributed by atoms with Crippen molar-refractivity contribution >= 4 is 28.8 Å². The van der Waals surface area contributed by atoms with Crippen molar-refractivity contribution in [3.05, 3.63) is 82.1 Å². The number of aromatic nitrogens is 1. The van der Waals surface area contributed by atoms with E-state index in [0.29, 0.717) is 13.3 Å². The van der Waals surface area contributed by atoms with Crippen molar-refractivity contribution in [2.75, 3.05) is 13.3 Å². The molecule has 0 amide bonds. The lowest BCUT2D eigenvalue weighted by Crippen LogP contribution is -2.07. The number of hydrogen-bond acceptors (Lipinski definition) is 2. The zero-order valence-electron chi connectivity index (χ0n) is 22.2. The fraction of sp³-hybridized carbons (Fsp3) is 0.424. The first-order valence-electron chi connectivity index (χ1n) is 13.9. The molecule has 3 heteroatoms. The van der Waals surface area contributed by atoms with Gasteiger partial charge in [0.2, 0.25) is 0 Å². The molecule has 0 aliphatic heterocycles. The second-order valence-corrected chi connectivity index (χ2v) is 10.3. The van der Waals surface area contributed by atoms with E-state index in [1.807, 2.05) is 6.92 Å². The number of benzene rings is 2. The van der Waals surface area contributed by atoms with E-state index >= 15 is 0 Å². The van der Waals surface area contributed by atoms with Crippen molar-refractivity contribution < 1.29 is 4.74 Å². The van der Waals surface area contributed by atoms with Crippen molar-refractivity contribution in [2.45, 2.75) is 72.3 Å². The highest BCUT2D eigenvalue weighted by Crippen LogP contribution is 2.35. The molecule has 0 atom stereocenters. The Morgan fingerprint density at radius 3 is 2.69 bits per heavy atom. The minimum absolute atomic E-state index is 0.453. The molecule has 1 saturated carbocycles. The van der Waals surface area contributed by atoms with Gasteiger partial charge < -0.3 is 9.30 Å². The number of ether oxygens (including phenoxy) is 1. The van der Waals surface area contributed by atoms with Crippen LogP contribution in [0, 0.1) is 12.8 Å². The van der Waals surface area contributed by atoms with Crippen molar-refractivity contribution in [1.29, 1.82) is 0 Å². The summed E-state index contributed by atoms with van der Waals surface area (Å²) in [6.45, 7) is 8.60. The summed E-state index contributed by atoms with van der Waals surface area (Å²) in [5, 5.41) is 1.37. The third-order valence-electron chi connectivity index (χ3n) is 8.04. The summed E-state index contributed by atoms with van der Waals surface area (Å²) in [5.74, 6) is 0.860. The second-order valence-electron chi connectivity index (χ2n) is 10.3. The van der Waals surface area contributed by atoms with Crippen molar-refractivity contribution in [3.8, 4) is 0 Å². The fourth-order valence-corrected chi connectivity index (χ4v) is 6.01. The van der Waals surface area contributed by atoms with Gasteiger partial charge in [0.15, 0.2) is 0 Å². The molecule has 5 rings (SSSR count). The van der Waals surface area contributed by atoms with Gasteiger partial charge in [0.05, 0.1) is 0 Å². The van der Waals surface area contributed by atoms with Gasteiger partial charge in [-0.05, 0) is 85.6 Å². The average molecular weight is 481 g/mol. The fourth-order valence-electron chi connectivity index (χ4n) is 6.01. The highest BCUT2D eigenvalue weighted by molar-refractivity contribution is 6.04. The third-order valence-corrected chi connectivity index (χ3v) is 8.04. The molecule has 1 aromatic heterocycles. The lowest BCUT2D eigenvalue weighted by Gasteiger charge is -2.13. The van der Waals surface area contributed by atoms with E-state index in [4.69, 9.17) is 9.73 Å². The van der Waals surface area contributed by atoms with Crippen molar-refractivity contribution in [2.24, 2.45) is 10.9 Å². The maximum absolute atomic E-state index is 5.63. The minimum Gasteiger partial charge on any atom is -0.360 e. The number of aliphatic imine (C=N–C) groups is 1. The summed E-state index contributed by atoms with van der Waals surface area (Å²) in [7, 11) is 0. The molecule has 2 aliphatic rings. The smallest absolute Gasteiger partial charge is 0.137 e. The largest absolute Gasteiger partial charge is 0.360 e. The summed E-state index contributed by atoms with van der Waals surface area (Å²) < 4.78 is 8.09. The summed E-state index contributed by atoms with van der Waals surface area (Å²) in [4.78, 5) is 4.93. The highest BCUT2D eigenvalue weighted by Gasteiger charge is 2.21. The summed E-state index contributed by atoms with van der Waals surface area (Å²) in [6.07, 6.45) is 15.8. The van der Waals surface area contributed by atoms with Gasteiger partial charge >= 0.3 is 0 Å². The molecule has 3 aromatic rings. The lowest BCUT2D eigenvalue weighted by atomic mass is 9.92. The van der Waals surface area contributed by atoms with Gasteiger partial charge in [0, 0.05) is 41.9 Å². The third kappa shape index (κ3) is 5.27. The maximum Gasteiger partial charge on any atom is 0.137 e. The van der Waals surface area contributed by atoms with Gasteiger partial charge in [-0.2, -0.15) is 0 Å². The van der Waals surface area contributed by atoms with Gasteiger partial charge in [-0.25, -0.2) is 0 Å². The Kier molecular flexibility index (Phi) is 7.87. The first kappa shape index (κ1) is 24.8. The van der Waals surface area contributed by atoms with E-state index in [1.165, 1.54) is 82.2 Å². The topological polar surface area (TPSA) is 26.5 Å². The first-order chi connectivity index (χ1) is 17.7. The van der Waals surface area contributed by atoms with Crippen LogP contribution in [-0.2, 0) is 17.7 Å². The van der Waals surface area contributed by atoms with Crippen LogP contribution < -0.4 is 0 Å². The Hall–Kier alpha value is -2.91. The Bertz CT molecular complexity index is 1300. The van der Waals surface area contributed by atoms with Crippen LogP contribution in [0.25, 0.3) is 23.1 Å². The number of aryl methyl sites for hydroxylation is 2. The zero-order valence-corrected chi connectivity index (χ0v) is 22.2. The standard InChI is InChI=1S/C33H40N2O/c1-4-35-32-18-15-26(20-27-13-9-6-10-24(27)3)21-29(32)30-22-28(16-19-33(30)35)31(34-23-36-5-2)17-14-25-11-7-8-12-25/h6,9-10,13,15-16,18-20,22,25H,4-5,7-8,11-12,14,17,21,23H2,1-3H3. The van der Waals surface area contributed by atoms with E-state index in [9.17, 15) is 0 Å². The molecule has 0 spiro atoms. The molecule has 1 fully saturated rings. The number of hydrogen-bond donors (Lipinski definition) is 0. The molecule has 0 radical (unpaired) electrons. The van der Waals surface area contributed by atoms with Gasteiger partial charge in [-0.15, -0.1) is 0 Å². The van der Waals surface area contributed by atoms with Crippen LogP contribution in [0.2, 0.25) is 0 Å². The molecule has 0 N–H and O–H groups in total. The SMILES string of the molecule is CCOCN=C(CCC1CCCC1)c1ccc2c(c1)c1c(n2CC)C=CC(=Cc2ccccc2C)C1. The Morgan fingerprint density at radius 1 is 1.08 bits per heavy atom. The van der Waals surface area contributed by atoms with Crippen LogP contribution >= 0.6 is 0 Å². The van der Waals surface area contributed by atoms with Gasteiger partial charge in [-0.1, -0.05) is 68.2 Å². The van der Waals surface area contributed by atoms with E-state index < -0.39 is 0 Å². The molecule has 36 heavy (non-hydrogen) atoms. The normalized spacial score (nSPS) is 17.4. The summed E-state index contributed by atoms with van der Waals surface area (Å²) in [5.41, 5.74) is 10.6. The van der Waals surface area contributed by atoms with Crippen molar-refractivity contribution in [1.82, 2.24) is 4.57 Å². The van der Waals surface area contributed by atoms with Crippen LogP contribution in [-0.4, -0.2) is 23.6 Å². The maximum atomic E-state index is 5.63. The van der Waals surface area contributed by atoms with Crippen LogP contribution in [0.4, 0.5) is 0 Å². The number of fused-ring (bicyclic) bond motifs is 3. The van der Waals surface area contributed by atoms with E-state index in [-0.39, 0.29) is 0 Å². The lowest BCUT2D eigenvalue weighted by molar-refractivity contribution is 0.156. The van der Waals surface area contributed by atoms with Gasteiger partial charge in [0.25, 0.3) is 0 Å². The molecule has 2 aliphatic carbocycles. The first-order valence-corrected chi connectivity index (χ1v) is 13.9. The Labute approximate surface area is 216 Å². The predicted octanol–water partition coefficient (Wildman–Crippen LogP) is 8.38. The summed E-state index contributed by atoms with van der Waals surface area (Å²) >= 11 is 0. The Morgan fingerprint density at radius 2 is 1.92 bits per heavy atom. The molecule has 0 saturated heterocycles. The number of nitrogens with zero attached hydrogens (tertiary/aromatic N) is 2. The van der Waals surface area contributed by atoms with Crippen LogP contribution in [0.5, 0.6) is 0 Å². The van der Waals surface area contributed by atoms with E-state index in [0.717, 1.165) is 25.3 Å². The monoisotopic (exact) mass is 480 g/mol. The van der Waals surface area contributed by atoms with E-state index in [1.54, 1.807) is 0 Å². The molecular weight excluding hydrogens is 440 g/mol. The molecule has 2 aromatic carbocycles. The zero-order chi connectivity index (χ0) is 24.9. The van der Waals surface area contributed by atoms with Crippen molar-refractivity contribution in [3.63, 3.8) is 0 Å². The van der Waals surface area contributed by atoms with Gasteiger partial charge in [-0.3, -0.25) is 4.99 Å². The summed E-state index contributed by atoms with van der Waals surface area (Å²) in [6, 6.07) is 15.6. The predicted molar refractivity (Wildman–Crippen MR) is 154 cm³/mol. The van der Waals surface area contributed by atoms with Crippen LogP contribution in [0.3, 0.4) is 0 Å².